The SMILES string of the molecule is CC(=O)NC1(CNC(=O)[C@@H](NC=O)C(C)C)CC1. The zero-order valence-electron chi connectivity index (χ0n) is 11.1. The maximum Gasteiger partial charge on any atom is 0.242 e. The monoisotopic (exact) mass is 255 g/mol. The number of nitrogens with one attached hydrogen (secondary N) is 3. The molecule has 1 rings (SSSR count). The second-order valence-electron chi connectivity index (χ2n) is 5.19. The number of carbonyl (C=O) groups excluding carboxylic acids is 3. The van der Waals surface area contributed by atoms with Gasteiger partial charge in [0.25, 0.3) is 0 Å². The summed E-state index contributed by atoms with van der Waals surface area (Å²) in [5.74, 6) is -0.284. The Bertz CT molecular complexity index is 337. The van der Waals surface area contributed by atoms with Gasteiger partial charge in [-0.1, -0.05) is 13.8 Å². The van der Waals surface area contributed by atoms with E-state index in [1.807, 2.05) is 13.8 Å². The predicted molar refractivity (Wildman–Crippen MR) is 66.6 cm³/mol. The average molecular weight is 255 g/mol. The summed E-state index contributed by atoms with van der Waals surface area (Å²) < 4.78 is 0. The van der Waals surface area contributed by atoms with E-state index in [0.717, 1.165) is 12.8 Å². The minimum absolute atomic E-state index is 0.0196. The van der Waals surface area contributed by atoms with E-state index >= 15 is 0 Å². The zero-order valence-corrected chi connectivity index (χ0v) is 11.1. The van der Waals surface area contributed by atoms with Crippen molar-refractivity contribution < 1.29 is 14.4 Å². The summed E-state index contributed by atoms with van der Waals surface area (Å²) >= 11 is 0. The van der Waals surface area contributed by atoms with E-state index in [2.05, 4.69) is 16.0 Å². The van der Waals surface area contributed by atoms with E-state index in [9.17, 15) is 14.4 Å². The normalized spacial score (nSPS) is 17.8. The van der Waals surface area contributed by atoms with Gasteiger partial charge in [0, 0.05) is 13.5 Å². The van der Waals surface area contributed by atoms with Gasteiger partial charge in [-0.25, -0.2) is 0 Å². The molecule has 102 valence electrons. The number of rotatable bonds is 7. The molecule has 6 nitrogen and oxygen atoms in total. The molecule has 1 aliphatic rings. The lowest BCUT2D eigenvalue weighted by molar-refractivity contribution is -0.127. The summed E-state index contributed by atoms with van der Waals surface area (Å²) in [7, 11) is 0. The smallest absolute Gasteiger partial charge is 0.242 e. The van der Waals surface area contributed by atoms with Gasteiger partial charge in [0.05, 0.1) is 5.54 Å². The molecular formula is C12H21N3O3. The van der Waals surface area contributed by atoms with Crippen LogP contribution in [0.2, 0.25) is 0 Å². The molecule has 0 aliphatic heterocycles. The molecule has 0 heterocycles. The van der Waals surface area contributed by atoms with Gasteiger partial charge in [0.15, 0.2) is 0 Å². The number of hydrogen-bond acceptors (Lipinski definition) is 3. The Kier molecular flexibility index (Phi) is 4.69. The number of amides is 3. The minimum Gasteiger partial charge on any atom is -0.352 e. The van der Waals surface area contributed by atoms with E-state index in [4.69, 9.17) is 0 Å². The summed E-state index contributed by atoms with van der Waals surface area (Å²) in [6.45, 7) is 5.60. The lowest BCUT2D eigenvalue weighted by Gasteiger charge is -2.22. The standard InChI is InChI=1S/C12H21N3O3/c1-8(2)10(14-7-16)11(18)13-6-12(4-5-12)15-9(3)17/h7-8,10H,4-6H2,1-3H3,(H,13,18)(H,14,16)(H,15,17)/t10-/m0/s1. The highest BCUT2D eigenvalue weighted by atomic mass is 16.2. The first-order valence-corrected chi connectivity index (χ1v) is 6.16. The fourth-order valence-electron chi connectivity index (χ4n) is 1.88. The highest BCUT2D eigenvalue weighted by Crippen LogP contribution is 2.34. The van der Waals surface area contributed by atoms with Gasteiger partial charge in [0.1, 0.15) is 6.04 Å². The van der Waals surface area contributed by atoms with Crippen molar-refractivity contribution in [2.75, 3.05) is 6.54 Å². The molecule has 0 bridgehead atoms. The molecule has 0 spiro atoms. The summed E-state index contributed by atoms with van der Waals surface area (Å²) in [5, 5.41) is 8.12. The van der Waals surface area contributed by atoms with Crippen molar-refractivity contribution in [3.8, 4) is 0 Å². The van der Waals surface area contributed by atoms with Crippen LogP contribution in [0.4, 0.5) is 0 Å². The molecular weight excluding hydrogens is 234 g/mol. The lowest BCUT2D eigenvalue weighted by Crippen LogP contribution is -2.51. The molecule has 0 unspecified atom stereocenters. The van der Waals surface area contributed by atoms with Crippen LogP contribution in [0.15, 0.2) is 0 Å². The van der Waals surface area contributed by atoms with Crippen molar-refractivity contribution in [3.05, 3.63) is 0 Å². The Labute approximate surface area is 107 Å². The Morgan fingerprint density at radius 1 is 1.33 bits per heavy atom. The molecule has 0 aromatic heterocycles. The van der Waals surface area contributed by atoms with Crippen LogP contribution in [0.1, 0.15) is 33.6 Å². The van der Waals surface area contributed by atoms with E-state index in [1.54, 1.807) is 0 Å². The van der Waals surface area contributed by atoms with Gasteiger partial charge in [-0.3, -0.25) is 14.4 Å². The fraction of sp³-hybridized carbons (Fsp3) is 0.750. The van der Waals surface area contributed by atoms with Crippen molar-refractivity contribution in [1.82, 2.24) is 16.0 Å². The Balaban J connectivity index is 2.44. The van der Waals surface area contributed by atoms with Gasteiger partial charge < -0.3 is 16.0 Å². The number of carbonyl (C=O) groups is 3. The fourth-order valence-corrected chi connectivity index (χ4v) is 1.88. The van der Waals surface area contributed by atoms with Gasteiger partial charge in [-0.05, 0) is 18.8 Å². The predicted octanol–water partition coefficient (Wildman–Crippen LogP) is -0.458. The van der Waals surface area contributed by atoms with Crippen LogP contribution in [-0.2, 0) is 14.4 Å². The van der Waals surface area contributed by atoms with Crippen molar-refractivity contribution in [2.45, 2.75) is 45.2 Å². The van der Waals surface area contributed by atoms with Gasteiger partial charge in [-0.15, -0.1) is 0 Å². The first-order valence-electron chi connectivity index (χ1n) is 6.16. The third-order valence-electron chi connectivity index (χ3n) is 3.09. The number of hydrogen-bond donors (Lipinski definition) is 3. The first-order chi connectivity index (χ1) is 8.40. The zero-order chi connectivity index (χ0) is 13.8. The lowest BCUT2D eigenvalue weighted by atomic mass is 10.0. The summed E-state index contributed by atoms with van der Waals surface area (Å²) in [5.41, 5.74) is -0.274. The molecule has 1 fully saturated rings. The van der Waals surface area contributed by atoms with Crippen LogP contribution in [-0.4, -0.2) is 36.3 Å². The quantitative estimate of drug-likeness (QED) is 0.538. The first kappa shape index (κ1) is 14.5. The van der Waals surface area contributed by atoms with Gasteiger partial charge >= 0.3 is 0 Å². The highest BCUT2D eigenvalue weighted by molar-refractivity contribution is 5.84. The summed E-state index contributed by atoms with van der Waals surface area (Å²) in [6.07, 6.45) is 2.28. The Morgan fingerprint density at radius 2 is 1.94 bits per heavy atom. The van der Waals surface area contributed by atoms with Gasteiger partial charge in [0.2, 0.25) is 18.2 Å². The molecule has 6 heteroatoms. The minimum atomic E-state index is -0.532. The molecule has 1 aliphatic carbocycles. The van der Waals surface area contributed by atoms with Crippen molar-refractivity contribution in [2.24, 2.45) is 5.92 Å². The molecule has 1 atom stereocenters. The molecule has 3 N–H and O–H groups in total. The molecule has 0 aromatic rings. The van der Waals surface area contributed by atoms with Crippen LogP contribution in [0.3, 0.4) is 0 Å². The van der Waals surface area contributed by atoms with Crippen LogP contribution < -0.4 is 16.0 Å². The highest BCUT2D eigenvalue weighted by Gasteiger charge is 2.43. The van der Waals surface area contributed by atoms with E-state index < -0.39 is 6.04 Å². The van der Waals surface area contributed by atoms with E-state index in [0.29, 0.717) is 13.0 Å². The Hall–Kier alpha value is -1.59. The van der Waals surface area contributed by atoms with E-state index in [1.165, 1.54) is 6.92 Å². The van der Waals surface area contributed by atoms with Crippen LogP contribution >= 0.6 is 0 Å². The van der Waals surface area contributed by atoms with Crippen LogP contribution in [0.25, 0.3) is 0 Å². The van der Waals surface area contributed by atoms with Crippen LogP contribution in [0.5, 0.6) is 0 Å². The Morgan fingerprint density at radius 3 is 2.33 bits per heavy atom. The maximum atomic E-state index is 11.9. The summed E-state index contributed by atoms with van der Waals surface area (Å²) in [6, 6.07) is -0.532. The molecule has 0 radical (unpaired) electrons. The van der Waals surface area contributed by atoms with Gasteiger partial charge in [-0.2, -0.15) is 0 Å². The average Bonchev–Trinajstić information content (AvgIpc) is 3.01. The molecule has 1 saturated carbocycles. The largest absolute Gasteiger partial charge is 0.352 e. The van der Waals surface area contributed by atoms with Crippen molar-refractivity contribution in [3.63, 3.8) is 0 Å². The van der Waals surface area contributed by atoms with Crippen LogP contribution in [0, 0.1) is 5.92 Å². The molecule has 0 saturated heterocycles. The van der Waals surface area contributed by atoms with Crippen molar-refractivity contribution >= 4 is 18.2 Å². The van der Waals surface area contributed by atoms with E-state index in [-0.39, 0.29) is 23.3 Å². The second-order valence-corrected chi connectivity index (χ2v) is 5.19. The third-order valence-corrected chi connectivity index (χ3v) is 3.09. The molecule has 0 aromatic carbocycles. The molecule has 18 heavy (non-hydrogen) atoms. The summed E-state index contributed by atoms with van der Waals surface area (Å²) in [4.78, 5) is 33.3. The molecule has 3 amide bonds. The second kappa shape index (κ2) is 5.84. The topological polar surface area (TPSA) is 87.3 Å². The third kappa shape index (κ3) is 4.01. The maximum absolute atomic E-state index is 11.9. The van der Waals surface area contributed by atoms with Crippen molar-refractivity contribution in [1.29, 1.82) is 0 Å².